The van der Waals surface area contributed by atoms with E-state index in [9.17, 15) is 9.59 Å². The Kier molecular flexibility index (Phi) is 6.01. The second kappa shape index (κ2) is 9.25. The van der Waals surface area contributed by atoms with E-state index in [1.54, 1.807) is 25.3 Å². The van der Waals surface area contributed by atoms with Gasteiger partial charge in [0, 0.05) is 34.1 Å². The molecule has 1 amide bonds. The lowest BCUT2D eigenvalue weighted by Gasteiger charge is -2.24. The highest BCUT2D eigenvalue weighted by atomic mass is 16.5. The topological polar surface area (TPSA) is 93.6 Å². The SMILES string of the molecule is CCCc1cc(=O)oc2cc(OCC(=O)N[C@@H]3CCCc4c3[nH]c3ccc(OC)cc43)ccc12. The molecule has 34 heavy (non-hydrogen) atoms. The second-order valence-electron chi connectivity index (χ2n) is 8.73. The van der Waals surface area contributed by atoms with Crippen LogP contribution in [0.3, 0.4) is 0 Å². The Balaban J connectivity index is 1.29. The maximum absolute atomic E-state index is 12.7. The van der Waals surface area contributed by atoms with Crippen LogP contribution >= 0.6 is 0 Å². The van der Waals surface area contributed by atoms with Gasteiger partial charge in [-0.3, -0.25) is 4.79 Å². The number of carbonyl (C=O) groups excluding carboxylic acids is 1. The molecule has 0 saturated carbocycles. The van der Waals surface area contributed by atoms with Crippen molar-refractivity contribution in [1.29, 1.82) is 0 Å². The van der Waals surface area contributed by atoms with Crippen LogP contribution < -0.4 is 20.4 Å². The molecule has 0 aliphatic heterocycles. The van der Waals surface area contributed by atoms with Crippen LogP contribution in [-0.4, -0.2) is 24.6 Å². The van der Waals surface area contributed by atoms with E-state index in [4.69, 9.17) is 13.9 Å². The zero-order valence-corrected chi connectivity index (χ0v) is 19.4. The molecule has 1 aliphatic carbocycles. The normalized spacial score (nSPS) is 15.3. The fourth-order valence-corrected chi connectivity index (χ4v) is 4.87. The first kappa shape index (κ1) is 22.1. The Bertz CT molecular complexity index is 1420. The van der Waals surface area contributed by atoms with Crippen molar-refractivity contribution in [2.75, 3.05) is 13.7 Å². The molecule has 2 aromatic carbocycles. The summed E-state index contributed by atoms with van der Waals surface area (Å²) in [5.74, 6) is 1.11. The van der Waals surface area contributed by atoms with Crippen LogP contribution in [-0.2, 0) is 17.6 Å². The summed E-state index contributed by atoms with van der Waals surface area (Å²) in [4.78, 5) is 28.1. The summed E-state index contributed by atoms with van der Waals surface area (Å²) in [5, 5.41) is 5.14. The highest BCUT2D eigenvalue weighted by Gasteiger charge is 2.26. The first-order valence-electron chi connectivity index (χ1n) is 11.7. The number of nitrogens with one attached hydrogen (secondary N) is 2. The third kappa shape index (κ3) is 4.25. The Morgan fingerprint density at radius 3 is 2.82 bits per heavy atom. The second-order valence-corrected chi connectivity index (χ2v) is 8.73. The Labute approximate surface area is 197 Å². The largest absolute Gasteiger partial charge is 0.497 e. The number of rotatable bonds is 7. The molecule has 2 aromatic heterocycles. The van der Waals surface area contributed by atoms with E-state index in [1.165, 1.54) is 5.56 Å². The van der Waals surface area contributed by atoms with E-state index in [0.717, 1.165) is 65.4 Å². The molecule has 2 heterocycles. The number of aromatic amines is 1. The number of H-pyrrole nitrogens is 1. The summed E-state index contributed by atoms with van der Waals surface area (Å²) in [7, 11) is 1.66. The van der Waals surface area contributed by atoms with Gasteiger partial charge in [-0.1, -0.05) is 13.3 Å². The number of aryl methyl sites for hydroxylation is 2. The van der Waals surface area contributed by atoms with Crippen molar-refractivity contribution in [2.24, 2.45) is 0 Å². The van der Waals surface area contributed by atoms with Gasteiger partial charge in [0.1, 0.15) is 17.1 Å². The maximum atomic E-state index is 12.7. The Morgan fingerprint density at radius 1 is 1.15 bits per heavy atom. The third-order valence-electron chi connectivity index (χ3n) is 6.44. The number of amides is 1. The number of hydrogen-bond donors (Lipinski definition) is 2. The lowest BCUT2D eigenvalue weighted by molar-refractivity contribution is -0.124. The van der Waals surface area contributed by atoms with Gasteiger partial charge in [-0.15, -0.1) is 0 Å². The molecule has 176 valence electrons. The van der Waals surface area contributed by atoms with Crippen LogP contribution in [0.1, 0.15) is 49.0 Å². The standard InChI is InChI=1S/C27H28N2O5/c1-3-5-16-12-26(31)34-24-14-18(8-10-19(16)24)33-15-25(30)28-23-7-4-6-20-21-13-17(32-2)9-11-22(21)29-27(20)23/h8-14,23,29H,3-7,15H2,1-2H3,(H,28,30)/t23-/m1/s1. The van der Waals surface area contributed by atoms with E-state index in [-0.39, 0.29) is 24.2 Å². The molecule has 0 bridgehead atoms. The summed E-state index contributed by atoms with van der Waals surface area (Å²) in [6.07, 6.45) is 4.56. The number of methoxy groups -OCH3 is 1. The molecule has 7 nitrogen and oxygen atoms in total. The summed E-state index contributed by atoms with van der Waals surface area (Å²) in [5.41, 5.74) is 4.39. The zero-order chi connectivity index (χ0) is 23.7. The lowest BCUT2D eigenvalue weighted by Crippen LogP contribution is -2.34. The molecule has 2 N–H and O–H groups in total. The predicted molar refractivity (Wildman–Crippen MR) is 131 cm³/mol. The van der Waals surface area contributed by atoms with Crippen LogP contribution in [0.5, 0.6) is 11.5 Å². The summed E-state index contributed by atoms with van der Waals surface area (Å²) in [6, 6.07) is 12.8. The van der Waals surface area contributed by atoms with Crippen molar-refractivity contribution in [1.82, 2.24) is 10.3 Å². The van der Waals surface area contributed by atoms with Crippen molar-refractivity contribution in [3.63, 3.8) is 0 Å². The average Bonchev–Trinajstić information content (AvgIpc) is 3.21. The molecule has 0 unspecified atom stereocenters. The first-order chi connectivity index (χ1) is 16.6. The molecule has 7 heteroatoms. The Hall–Kier alpha value is -3.74. The number of benzene rings is 2. The minimum atomic E-state index is -0.380. The first-order valence-corrected chi connectivity index (χ1v) is 11.7. The van der Waals surface area contributed by atoms with Gasteiger partial charge >= 0.3 is 5.63 Å². The highest BCUT2D eigenvalue weighted by molar-refractivity contribution is 5.87. The van der Waals surface area contributed by atoms with Crippen LogP contribution in [0.2, 0.25) is 0 Å². The van der Waals surface area contributed by atoms with Gasteiger partial charge < -0.3 is 24.2 Å². The summed E-state index contributed by atoms with van der Waals surface area (Å²) in [6.45, 7) is 1.95. The van der Waals surface area contributed by atoms with E-state index in [0.29, 0.717) is 11.3 Å². The predicted octanol–water partition coefficient (Wildman–Crippen LogP) is 4.81. The van der Waals surface area contributed by atoms with E-state index in [1.807, 2.05) is 24.3 Å². The number of aromatic nitrogens is 1. The quantitative estimate of drug-likeness (QED) is 0.386. The van der Waals surface area contributed by atoms with Crippen LogP contribution in [0.25, 0.3) is 21.9 Å². The molecule has 0 fully saturated rings. The van der Waals surface area contributed by atoms with Crippen molar-refractivity contribution in [3.8, 4) is 11.5 Å². The van der Waals surface area contributed by atoms with Gasteiger partial charge in [0.2, 0.25) is 0 Å². The fourth-order valence-electron chi connectivity index (χ4n) is 4.87. The number of fused-ring (bicyclic) bond motifs is 4. The van der Waals surface area contributed by atoms with Crippen LogP contribution in [0.15, 0.2) is 51.7 Å². The van der Waals surface area contributed by atoms with Crippen molar-refractivity contribution >= 4 is 27.8 Å². The van der Waals surface area contributed by atoms with Crippen LogP contribution in [0, 0.1) is 0 Å². The minimum absolute atomic E-state index is 0.0931. The average molecular weight is 461 g/mol. The van der Waals surface area contributed by atoms with Gasteiger partial charge in [0.15, 0.2) is 6.61 Å². The van der Waals surface area contributed by atoms with E-state index in [2.05, 4.69) is 17.2 Å². The van der Waals surface area contributed by atoms with Crippen molar-refractivity contribution < 1.29 is 18.7 Å². The molecule has 0 spiro atoms. The van der Waals surface area contributed by atoms with Crippen molar-refractivity contribution in [3.05, 3.63) is 69.7 Å². The Morgan fingerprint density at radius 2 is 2.00 bits per heavy atom. The van der Waals surface area contributed by atoms with Crippen molar-refractivity contribution in [2.45, 2.75) is 45.1 Å². The number of ether oxygens (including phenoxy) is 2. The third-order valence-corrected chi connectivity index (χ3v) is 6.44. The lowest BCUT2D eigenvalue weighted by atomic mass is 9.91. The number of carbonyl (C=O) groups is 1. The molecule has 1 atom stereocenters. The van der Waals surface area contributed by atoms with Gasteiger partial charge in [0.25, 0.3) is 5.91 Å². The molecule has 0 saturated heterocycles. The van der Waals surface area contributed by atoms with E-state index < -0.39 is 0 Å². The van der Waals surface area contributed by atoms with Crippen LogP contribution in [0.4, 0.5) is 0 Å². The van der Waals surface area contributed by atoms with Gasteiger partial charge in [-0.2, -0.15) is 0 Å². The zero-order valence-electron chi connectivity index (χ0n) is 19.4. The maximum Gasteiger partial charge on any atom is 0.336 e. The monoisotopic (exact) mass is 460 g/mol. The molecule has 0 radical (unpaired) electrons. The van der Waals surface area contributed by atoms with E-state index >= 15 is 0 Å². The summed E-state index contributed by atoms with van der Waals surface area (Å²) < 4.78 is 16.5. The summed E-state index contributed by atoms with van der Waals surface area (Å²) >= 11 is 0. The fraction of sp³-hybridized carbons (Fsp3) is 0.333. The van der Waals surface area contributed by atoms with Gasteiger partial charge in [-0.25, -0.2) is 4.79 Å². The molecular formula is C27H28N2O5. The molecule has 5 rings (SSSR count). The smallest absolute Gasteiger partial charge is 0.336 e. The number of hydrogen-bond acceptors (Lipinski definition) is 5. The molecule has 1 aliphatic rings. The van der Waals surface area contributed by atoms with Gasteiger partial charge in [-0.05, 0) is 67.1 Å². The minimum Gasteiger partial charge on any atom is -0.497 e. The van der Waals surface area contributed by atoms with Gasteiger partial charge in [0.05, 0.1) is 13.2 Å². The highest BCUT2D eigenvalue weighted by Crippen LogP contribution is 2.36. The molecular weight excluding hydrogens is 432 g/mol. The molecule has 4 aromatic rings.